The van der Waals surface area contributed by atoms with E-state index in [1.165, 1.54) is 0 Å². The largest absolute Gasteiger partial charge is 0.386 e. The number of aliphatic hydroxyl groups is 1. The molecule has 100 valence electrons. The van der Waals surface area contributed by atoms with Crippen molar-refractivity contribution in [3.05, 3.63) is 63.6 Å². The third-order valence-corrected chi connectivity index (χ3v) is 3.28. The first-order valence-electron chi connectivity index (χ1n) is 6.33. The van der Waals surface area contributed by atoms with Gasteiger partial charge in [0.05, 0.1) is 5.60 Å². The Hall–Kier alpha value is -1.87. The lowest BCUT2D eigenvalue weighted by Gasteiger charge is -2.21. The number of para-hydroxylation sites is 1. The Bertz CT molecular complexity index is 663. The molecule has 1 aromatic carbocycles. The molecule has 0 saturated carbocycles. The van der Waals surface area contributed by atoms with Crippen LogP contribution < -0.4 is 5.43 Å². The molecule has 0 aliphatic heterocycles. The minimum absolute atomic E-state index is 0.130. The number of benzene rings is 1. The van der Waals surface area contributed by atoms with E-state index < -0.39 is 5.60 Å². The van der Waals surface area contributed by atoms with Crippen LogP contribution in [0.2, 0.25) is 0 Å². The summed E-state index contributed by atoms with van der Waals surface area (Å²) in [5, 5.41) is 10.1. The number of rotatable bonds is 2. The highest BCUT2D eigenvalue weighted by Crippen LogP contribution is 2.20. The zero-order valence-corrected chi connectivity index (χ0v) is 11.8. The summed E-state index contributed by atoms with van der Waals surface area (Å²) in [5.74, 6) is 0. The fourth-order valence-electron chi connectivity index (χ4n) is 2.18. The number of hydrogen-bond donors (Lipinski definition) is 1. The zero-order valence-electron chi connectivity index (χ0n) is 11.8. The molecule has 0 radical (unpaired) electrons. The Morgan fingerprint density at radius 1 is 1.16 bits per heavy atom. The molecule has 0 fully saturated rings. The van der Waals surface area contributed by atoms with Gasteiger partial charge in [0, 0.05) is 29.2 Å². The predicted molar refractivity (Wildman–Crippen MR) is 76.8 cm³/mol. The van der Waals surface area contributed by atoms with E-state index >= 15 is 0 Å². The van der Waals surface area contributed by atoms with Crippen LogP contribution in [0.15, 0.2) is 41.3 Å². The first kappa shape index (κ1) is 13.6. The van der Waals surface area contributed by atoms with E-state index in [4.69, 9.17) is 0 Å². The predicted octanol–water partition coefficient (Wildman–Crippen LogP) is 2.68. The van der Waals surface area contributed by atoms with E-state index in [-0.39, 0.29) is 5.43 Å². The molecule has 1 aromatic heterocycles. The van der Waals surface area contributed by atoms with Gasteiger partial charge in [-0.3, -0.25) is 4.79 Å². The molecular weight excluding hydrogens is 238 g/mol. The molecule has 1 heterocycles. The van der Waals surface area contributed by atoms with E-state index in [0.29, 0.717) is 5.56 Å². The molecule has 3 heteroatoms. The van der Waals surface area contributed by atoms with Gasteiger partial charge in [-0.1, -0.05) is 18.2 Å². The van der Waals surface area contributed by atoms with Gasteiger partial charge >= 0.3 is 0 Å². The van der Waals surface area contributed by atoms with Crippen LogP contribution in [0.5, 0.6) is 0 Å². The molecule has 0 aliphatic rings. The van der Waals surface area contributed by atoms with Crippen molar-refractivity contribution < 1.29 is 5.11 Å². The van der Waals surface area contributed by atoms with Crippen LogP contribution >= 0.6 is 0 Å². The minimum Gasteiger partial charge on any atom is -0.386 e. The molecule has 3 nitrogen and oxygen atoms in total. The van der Waals surface area contributed by atoms with Crippen molar-refractivity contribution in [2.75, 3.05) is 0 Å². The lowest BCUT2D eigenvalue weighted by Crippen LogP contribution is -2.27. The molecule has 0 atom stereocenters. The smallest absolute Gasteiger partial charge is 0.187 e. The van der Waals surface area contributed by atoms with Gasteiger partial charge in [-0.2, -0.15) is 0 Å². The molecule has 2 rings (SSSR count). The van der Waals surface area contributed by atoms with Gasteiger partial charge in [0.25, 0.3) is 0 Å². The molecule has 0 amide bonds. The van der Waals surface area contributed by atoms with Crippen LogP contribution in [0.25, 0.3) is 5.69 Å². The number of nitrogens with zero attached hydrogens (tertiary/aromatic N) is 1. The van der Waals surface area contributed by atoms with Crippen molar-refractivity contribution in [2.24, 2.45) is 0 Å². The van der Waals surface area contributed by atoms with Crippen molar-refractivity contribution in [2.45, 2.75) is 33.3 Å². The number of aryl methyl sites for hydroxylation is 2. The van der Waals surface area contributed by atoms with Crippen LogP contribution in [-0.4, -0.2) is 9.67 Å². The summed E-state index contributed by atoms with van der Waals surface area (Å²) < 4.78 is 1.95. The van der Waals surface area contributed by atoms with E-state index in [1.54, 1.807) is 26.1 Å². The Kier molecular flexibility index (Phi) is 3.33. The third kappa shape index (κ3) is 2.61. The van der Waals surface area contributed by atoms with Crippen molar-refractivity contribution in [1.82, 2.24) is 4.57 Å². The first-order valence-corrected chi connectivity index (χ1v) is 6.33. The fraction of sp³-hybridized carbons (Fsp3) is 0.312. The van der Waals surface area contributed by atoms with Crippen LogP contribution in [0, 0.1) is 13.8 Å². The Balaban J connectivity index is 2.72. The molecule has 0 unspecified atom stereocenters. The summed E-state index contributed by atoms with van der Waals surface area (Å²) in [6, 6.07) is 9.54. The van der Waals surface area contributed by atoms with Crippen molar-refractivity contribution in [3.63, 3.8) is 0 Å². The van der Waals surface area contributed by atoms with E-state index in [0.717, 1.165) is 16.9 Å². The highest BCUT2D eigenvalue weighted by Gasteiger charge is 2.21. The maximum absolute atomic E-state index is 12.0. The topological polar surface area (TPSA) is 42.2 Å². The second-order valence-corrected chi connectivity index (χ2v) is 5.41. The molecule has 0 aliphatic carbocycles. The Morgan fingerprint density at radius 2 is 1.79 bits per heavy atom. The molecule has 1 N–H and O–H groups in total. The highest BCUT2D eigenvalue weighted by atomic mass is 16.3. The molecule has 19 heavy (non-hydrogen) atoms. The summed E-state index contributed by atoms with van der Waals surface area (Å²) >= 11 is 0. The van der Waals surface area contributed by atoms with Gasteiger partial charge in [0.1, 0.15) is 0 Å². The average Bonchev–Trinajstić information content (AvgIpc) is 2.29. The lowest BCUT2D eigenvalue weighted by atomic mass is 9.99. The molecule has 0 bridgehead atoms. The van der Waals surface area contributed by atoms with Crippen LogP contribution in [-0.2, 0) is 5.60 Å². The monoisotopic (exact) mass is 257 g/mol. The van der Waals surface area contributed by atoms with Gasteiger partial charge in [-0.05, 0) is 39.3 Å². The van der Waals surface area contributed by atoms with Gasteiger partial charge < -0.3 is 9.67 Å². The van der Waals surface area contributed by atoms with Crippen LogP contribution in [0.3, 0.4) is 0 Å². The van der Waals surface area contributed by atoms with E-state index in [2.05, 4.69) is 0 Å². The molecule has 2 aromatic rings. The SMILES string of the molecule is Cc1ccccc1-n1cc(C(C)(C)O)c(=O)cc1C. The minimum atomic E-state index is -1.14. The molecule has 0 saturated heterocycles. The standard InChI is InChI=1S/C16H19NO2/c1-11-7-5-6-8-14(11)17-10-13(16(3,4)19)15(18)9-12(17)2/h5-10,19H,1-4H3. The Labute approximate surface area is 113 Å². The molecule has 0 spiro atoms. The van der Waals surface area contributed by atoms with Gasteiger partial charge in [0.15, 0.2) is 5.43 Å². The summed E-state index contributed by atoms with van der Waals surface area (Å²) in [6.07, 6.45) is 1.74. The lowest BCUT2D eigenvalue weighted by molar-refractivity contribution is 0.0769. The summed E-state index contributed by atoms with van der Waals surface area (Å²) in [6.45, 7) is 7.17. The second kappa shape index (κ2) is 4.67. The summed E-state index contributed by atoms with van der Waals surface area (Å²) in [4.78, 5) is 12.0. The number of hydrogen-bond acceptors (Lipinski definition) is 2. The van der Waals surface area contributed by atoms with Gasteiger partial charge in [-0.25, -0.2) is 0 Å². The van der Waals surface area contributed by atoms with E-state index in [1.807, 2.05) is 42.7 Å². The van der Waals surface area contributed by atoms with E-state index in [9.17, 15) is 9.90 Å². The Morgan fingerprint density at radius 3 is 2.37 bits per heavy atom. The van der Waals surface area contributed by atoms with Crippen molar-refractivity contribution in [1.29, 1.82) is 0 Å². The number of pyridine rings is 1. The first-order chi connectivity index (χ1) is 8.80. The highest BCUT2D eigenvalue weighted by molar-refractivity contribution is 5.42. The summed E-state index contributed by atoms with van der Waals surface area (Å²) in [7, 11) is 0. The van der Waals surface area contributed by atoms with Crippen molar-refractivity contribution in [3.8, 4) is 5.69 Å². The molecular formula is C16H19NO2. The summed E-state index contributed by atoms with van der Waals surface area (Å²) in [5.41, 5.74) is 2.12. The van der Waals surface area contributed by atoms with Crippen LogP contribution in [0.4, 0.5) is 0 Å². The van der Waals surface area contributed by atoms with Gasteiger partial charge in [0.2, 0.25) is 0 Å². The van der Waals surface area contributed by atoms with Crippen molar-refractivity contribution >= 4 is 0 Å². The number of aromatic nitrogens is 1. The average molecular weight is 257 g/mol. The second-order valence-electron chi connectivity index (χ2n) is 5.41. The maximum atomic E-state index is 12.0. The van der Waals surface area contributed by atoms with Crippen LogP contribution in [0.1, 0.15) is 30.7 Å². The van der Waals surface area contributed by atoms with Gasteiger partial charge in [-0.15, -0.1) is 0 Å². The fourth-order valence-corrected chi connectivity index (χ4v) is 2.18. The maximum Gasteiger partial charge on any atom is 0.187 e. The quantitative estimate of drug-likeness (QED) is 0.898. The normalized spacial score (nSPS) is 11.6. The zero-order chi connectivity index (χ0) is 14.2. The third-order valence-electron chi connectivity index (χ3n) is 3.28.